The van der Waals surface area contributed by atoms with Crippen LogP contribution in [0.15, 0.2) is 48.5 Å². The summed E-state index contributed by atoms with van der Waals surface area (Å²) in [7, 11) is 3.13. The molecule has 8 nitrogen and oxygen atoms in total. The molecule has 2 aromatic rings. The molecule has 0 heterocycles. The number of carbonyl (C=O) groups is 2. The number of para-hydroxylation sites is 4. The molecule has 0 aromatic heterocycles. The van der Waals surface area contributed by atoms with Crippen LogP contribution in [0.25, 0.3) is 0 Å². The molecule has 3 rings (SSSR count). The van der Waals surface area contributed by atoms with Gasteiger partial charge in [0.15, 0.2) is 10.2 Å². The Morgan fingerprint density at radius 1 is 0.886 bits per heavy atom. The van der Waals surface area contributed by atoms with E-state index < -0.39 is 0 Å². The molecule has 4 N–H and O–H groups in total. The largest absolute Gasteiger partial charge is 0.495 e. The number of hydrogen-bond acceptors (Lipinski definition) is 6. The molecule has 2 amide bonds. The number of benzene rings is 2. The third-order valence-corrected chi connectivity index (χ3v) is 6.83. The van der Waals surface area contributed by atoms with Crippen LogP contribution < -0.4 is 30.7 Å². The molecule has 2 atom stereocenters. The molecule has 35 heavy (non-hydrogen) atoms. The molecular weight excluding hydrogens is 484 g/mol. The maximum Gasteiger partial charge on any atom is 0.229 e. The second-order valence-electron chi connectivity index (χ2n) is 8.86. The van der Waals surface area contributed by atoms with Crippen LogP contribution in [0.3, 0.4) is 0 Å². The van der Waals surface area contributed by atoms with Crippen LogP contribution in [0.1, 0.15) is 26.7 Å². The van der Waals surface area contributed by atoms with Crippen molar-refractivity contribution in [1.82, 2.24) is 10.6 Å². The summed E-state index contributed by atoms with van der Waals surface area (Å²) in [6, 6.07) is 14.6. The first kappa shape index (κ1) is 26.4. The maximum absolute atomic E-state index is 12.9. The van der Waals surface area contributed by atoms with Crippen molar-refractivity contribution in [2.45, 2.75) is 26.7 Å². The average molecular weight is 515 g/mol. The molecule has 0 spiro atoms. The van der Waals surface area contributed by atoms with Crippen molar-refractivity contribution >= 4 is 57.8 Å². The van der Waals surface area contributed by atoms with E-state index in [0.717, 1.165) is 0 Å². The van der Waals surface area contributed by atoms with E-state index in [-0.39, 0.29) is 45.7 Å². The highest BCUT2D eigenvalue weighted by molar-refractivity contribution is 7.80. The molecule has 0 unspecified atom stereocenters. The van der Waals surface area contributed by atoms with E-state index in [1.165, 1.54) is 0 Å². The van der Waals surface area contributed by atoms with Crippen LogP contribution >= 0.6 is 24.4 Å². The Labute approximate surface area is 216 Å². The van der Waals surface area contributed by atoms with Crippen LogP contribution in [0.5, 0.6) is 11.5 Å². The van der Waals surface area contributed by atoms with E-state index >= 15 is 0 Å². The topological polar surface area (TPSA) is 101 Å². The van der Waals surface area contributed by atoms with Gasteiger partial charge in [-0.15, -0.1) is 0 Å². The van der Waals surface area contributed by atoms with Gasteiger partial charge in [-0.2, -0.15) is 0 Å². The number of carbonyl (C=O) groups excluding carboxylic acids is 2. The number of rotatable bonds is 7. The normalized spacial score (nSPS) is 17.8. The molecule has 1 aliphatic rings. The Hall–Kier alpha value is -3.24. The smallest absolute Gasteiger partial charge is 0.229 e. The Morgan fingerprint density at radius 2 is 1.37 bits per heavy atom. The third-order valence-electron chi connectivity index (χ3n) is 6.42. The van der Waals surface area contributed by atoms with Gasteiger partial charge in [0.1, 0.15) is 11.5 Å². The molecule has 0 aliphatic heterocycles. The summed E-state index contributed by atoms with van der Waals surface area (Å²) in [5.74, 6) is 0.628. The Balaban J connectivity index is 1.48. The molecule has 2 aromatic carbocycles. The summed E-state index contributed by atoms with van der Waals surface area (Å²) in [6.45, 7) is 3.97. The van der Waals surface area contributed by atoms with Crippen molar-refractivity contribution in [3.8, 4) is 11.5 Å². The zero-order valence-corrected chi connectivity index (χ0v) is 21.8. The van der Waals surface area contributed by atoms with Gasteiger partial charge in [-0.25, -0.2) is 0 Å². The summed E-state index contributed by atoms with van der Waals surface area (Å²) >= 11 is 10.6. The first-order valence-corrected chi connectivity index (χ1v) is 12.0. The lowest BCUT2D eigenvalue weighted by atomic mass is 9.53. The summed E-state index contributed by atoms with van der Waals surface area (Å²) in [4.78, 5) is 25.4. The number of thiocarbonyl (C=S) groups is 2. The van der Waals surface area contributed by atoms with Crippen LogP contribution in [-0.4, -0.2) is 36.3 Å². The summed E-state index contributed by atoms with van der Waals surface area (Å²) in [6.07, 6.45) is 0.838. The molecule has 1 aliphatic carbocycles. The standard InChI is InChI=1S/C25H30N4O4S2/c1-25(2)15(14-21(30)28-23(34)26-17-9-5-7-11-19(17)32-3)13-16(25)22(31)29-24(35)27-18-10-6-8-12-20(18)33-4/h5-12,15-16H,13-14H2,1-4H3,(H2,26,28,30,34)(H2,27,29,31,35)/t15-,16+/m0/s1. The second kappa shape index (κ2) is 11.5. The third kappa shape index (κ3) is 6.46. The van der Waals surface area contributed by atoms with E-state index in [2.05, 4.69) is 21.3 Å². The lowest BCUT2D eigenvalue weighted by Gasteiger charge is -2.51. The van der Waals surface area contributed by atoms with Crippen molar-refractivity contribution in [2.24, 2.45) is 17.3 Å². The van der Waals surface area contributed by atoms with Gasteiger partial charge in [0, 0.05) is 12.3 Å². The number of anilines is 2. The maximum atomic E-state index is 12.9. The van der Waals surface area contributed by atoms with Crippen LogP contribution in [0.2, 0.25) is 0 Å². The molecular formula is C25H30N4O4S2. The number of ether oxygens (including phenoxy) is 2. The minimum Gasteiger partial charge on any atom is -0.495 e. The minimum absolute atomic E-state index is 0.0306. The Kier molecular flexibility index (Phi) is 8.63. The fourth-order valence-electron chi connectivity index (χ4n) is 4.21. The SMILES string of the molecule is COc1ccccc1NC(=S)NC(=O)C[C@@H]1C[C@H](C(=O)NC(=S)Nc2ccccc2OC)C1(C)C. The van der Waals surface area contributed by atoms with Gasteiger partial charge in [-0.1, -0.05) is 38.1 Å². The van der Waals surface area contributed by atoms with Gasteiger partial charge in [0.25, 0.3) is 0 Å². The van der Waals surface area contributed by atoms with E-state index in [1.54, 1.807) is 26.4 Å². The first-order valence-electron chi connectivity index (χ1n) is 11.1. The van der Waals surface area contributed by atoms with Gasteiger partial charge < -0.3 is 30.7 Å². The van der Waals surface area contributed by atoms with E-state index in [1.807, 2.05) is 50.2 Å². The molecule has 186 valence electrons. The van der Waals surface area contributed by atoms with E-state index in [0.29, 0.717) is 29.3 Å². The Morgan fingerprint density at radius 3 is 1.86 bits per heavy atom. The zero-order chi connectivity index (χ0) is 25.6. The quantitative estimate of drug-likeness (QED) is 0.410. The number of hydrogen-bond donors (Lipinski definition) is 4. The van der Waals surface area contributed by atoms with Gasteiger partial charge in [0.2, 0.25) is 11.8 Å². The predicted molar refractivity (Wildman–Crippen MR) is 145 cm³/mol. The zero-order valence-electron chi connectivity index (χ0n) is 20.1. The van der Waals surface area contributed by atoms with Crippen molar-refractivity contribution in [3.05, 3.63) is 48.5 Å². The first-order chi connectivity index (χ1) is 16.6. The minimum atomic E-state index is -0.376. The van der Waals surface area contributed by atoms with Gasteiger partial charge in [0.05, 0.1) is 25.6 Å². The molecule has 10 heteroatoms. The van der Waals surface area contributed by atoms with E-state index in [9.17, 15) is 9.59 Å². The fourth-order valence-corrected chi connectivity index (χ4v) is 4.65. The van der Waals surface area contributed by atoms with Crippen molar-refractivity contribution in [2.75, 3.05) is 24.9 Å². The summed E-state index contributed by atoms with van der Waals surface area (Å²) < 4.78 is 10.6. The van der Waals surface area contributed by atoms with Crippen LogP contribution in [0.4, 0.5) is 11.4 Å². The van der Waals surface area contributed by atoms with Crippen LogP contribution in [-0.2, 0) is 9.59 Å². The predicted octanol–water partition coefficient (Wildman–Crippen LogP) is 4.08. The van der Waals surface area contributed by atoms with Crippen molar-refractivity contribution < 1.29 is 19.1 Å². The molecule has 1 fully saturated rings. The van der Waals surface area contributed by atoms with E-state index in [4.69, 9.17) is 33.9 Å². The molecule has 0 radical (unpaired) electrons. The molecule has 1 saturated carbocycles. The second-order valence-corrected chi connectivity index (χ2v) is 9.67. The fraction of sp³-hybridized carbons (Fsp3) is 0.360. The highest BCUT2D eigenvalue weighted by Gasteiger charge is 2.52. The number of nitrogens with one attached hydrogen (secondary N) is 4. The van der Waals surface area contributed by atoms with Gasteiger partial charge in [-0.3, -0.25) is 9.59 Å². The Bertz CT molecular complexity index is 1120. The summed E-state index contributed by atoms with van der Waals surface area (Å²) in [5, 5.41) is 11.8. The molecule has 0 saturated heterocycles. The number of methoxy groups -OCH3 is 2. The lowest BCUT2D eigenvalue weighted by molar-refractivity contribution is -0.143. The van der Waals surface area contributed by atoms with Crippen molar-refractivity contribution in [1.29, 1.82) is 0 Å². The number of amides is 2. The summed E-state index contributed by atoms with van der Waals surface area (Å²) in [5.41, 5.74) is 0.957. The highest BCUT2D eigenvalue weighted by atomic mass is 32.1. The van der Waals surface area contributed by atoms with Gasteiger partial charge in [-0.05, 0) is 66.5 Å². The monoisotopic (exact) mass is 514 g/mol. The lowest BCUT2D eigenvalue weighted by Crippen LogP contribution is -2.55. The average Bonchev–Trinajstić information content (AvgIpc) is 2.81. The van der Waals surface area contributed by atoms with Gasteiger partial charge >= 0.3 is 0 Å². The highest BCUT2D eigenvalue weighted by Crippen LogP contribution is 2.52. The van der Waals surface area contributed by atoms with Crippen molar-refractivity contribution in [3.63, 3.8) is 0 Å². The molecule has 0 bridgehead atoms. The van der Waals surface area contributed by atoms with Crippen LogP contribution in [0, 0.1) is 17.3 Å².